The Hall–Kier alpha value is -2.93. The maximum Gasteiger partial charge on any atom is 0.330 e. The number of hydrogen-bond acceptors (Lipinski definition) is 8. The lowest BCUT2D eigenvalue weighted by molar-refractivity contribution is -0.150. The van der Waals surface area contributed by atoms with Gasteiger partial charge in [0.2, 0.25) is 5.82 Å². The van der Waals surface area contributed by atoms with E-state index >= 15 is 0 Å². The van der Waals surface area contributed by atoms with Crippen molar-refractivity contribution in [1.29, 1.82) is 0 Å². The lowest BCUT2D eigenvalue weighted by Gasteiger charge is -2.22. The predicted molar refractivity (Wildman–Crippen MR) is 144 cm³/mol. The lowest BCUT2D eigenvalue weighted by atomic mass is 10.2. The summed E-state index contributed by atoms with van der Waals surface area (Å²) in [5.41, 5.74) is 0.796. The third-order valence-electron chi connectivity index (χ3n) is 6.66. The molecule has 212 valence electrons. The van der Waals surface area contributed by atoms with Crippen LogP contribution < -0.4 is 16.1 Å². The fourth-order valence-electron chi connectivity index (χ4n) is 4.58. The molecule has 3 heterocycles. The molecular weight excluding hydrogens is 556 g/mol. The molecule has 0 aliphatic carbocycles. The van der Waals surface area contributed by atoms with E-state index in [1.54, 1.807) is 0 Å². The minimum absolute atomic E-state index is 0.0302. The predicted octanol–water partition coefficient (Wildman–Crippen LogP) is 2.06. The van der Waals surface area contributed by atoms with E-state index in [0.29, 0.717) is 37.7 Å². The summed E-state index contributed by atoms with van der Waals surface area (Å²) in [5, 5.41) is 10.3. The second kappa shape index (κ2) is 12.9. The van der Waals surface area contributed by atoms with Crippen molar-refractivity contribution in [2.24, 2.45) is 7.05 Å². The van der Waals surface area contributed by atoms with Crippen LogP contribution in [0.2, 0.25) is 0 Å². The minimum atomic E-state index is -1.15. The van der Waals surface area contributed by atoms with Crippen LogP contribution in [-0.4, -0.2) is 73.8 Å². The van der Waals surface area contributed by atoms with Gasteiger partial charge in [-0.1, -0.05) is 0 Å². The number of aliphatic hydroxyl groups is 1. The number of aryl methyl sites for hydroxylation is 2. The molecule has 2 aromatic heterocycles. The number of rotatable bonds is 12. The highest BCUT2D eigenvalue weighted by molar-refractivity contribution is 6.18. The summed E-state index contributed by atoms with van der Waals surface area (Å²) in [6, 6.07) is 6.01. The molecular formula is C25H30Cl2FN5O6. The average Bonchev–Trinajstić information content (AvgIpc) is 3.43. The molecule has 2 unspecified atom stereocenters. The molecule has 1 saturated heterocycles. The molecule has 0 bridgehead atoms. The Kier molecular flexibility index (Phi) is 9.65. The van der Waals surface area contributed by atoms with Gasteiger partial charge in [0.15, 0.2) is 0 Å². The number of esters is 1. The van der Waals surface area contributed by atoms with Gasteiger partial charge < -0.3 is 24.0 Å². The summed E-state index contributed by atoms with van der Waals surface area (Å²) in [4.78, 5) is 44.2. The molecule has 3 aromatic rings. The van der Waals surface area contributed by atoms with Crippen LogP contribution in [0.5, 0.6) is 0 Å². The molecule has 1 fully saturated rings. The number of ether oxygens (including phenoxy) is 2. The van der Waals surface area contributed by atoms with E-state index in [1.165, 1.54) is 0 Å². The third kappa shape index (κ3) is 6.81. The van der Waals surface area contributed by atoms with Crippen LogP contribution in [0.3, 0.4) is 0 Å². The van der Waals surface area contributed by atoms with Crippen LogP contribution in [-0.2, 0) is 27.7 Å². The summed E-state index contributed by atoms with van der Waals surface area (Å²) < 4.78 is 27.3. The topological polar surface area (TPSA) is 132 Å². The zero-order valence-corrected chi connectivity index (χ0v) is 22.8. The summed E-state index contributed by atoms with van der Waals surface area (Å²) in [7, 11) is 1.92. The number of nitrogens with zero attached hydrogens (tertiary/aromatic N) is 4. The van der Waals surface area contributed by atoms with Gasteiger partial charge in [-0.2, -0.15) is 4.39 Å². The Morgan fingerprint density at radius 2 is 2.05 bits per heavy atom. The standard InChI is InChI=1S/C25H30Cl2FN5O6/c1-31-18-6-5-15(32(9-7-26)10-8-27)11-17(18)29-21(31)3-2-4-23(35)38-14-20-19(34)12-22(39-20)33-13-16(28)24(36)30-25(33)37/h5-6,11,13,19-20,22,34H,2-4,7-10,12,14H2,1H3,(H,30,36,37)/t19?,20?,22-/m1/s1. The number of hydrogen-bond donors (Lipinski definition) is 2. The second-order valence-corrected chi connectivity index (χ2v) is 9.99. The fourth-order valence-corrected chi connectivity index (χ4v) is 4.99. The SMILES string of the molecule is Cn1c(CCCC(=O)OCC2O[C@@H](n3cc(F)c(=O)[nH]c3=O)CC2O)nc2cc(N(CCCl)CCCl)ccc21. The van der Waals surface area contributed by atoms with Crippen molar-refractivity contribution in [2.75, 3.05) is 36.4 Å². The van der Waals surface area contributed by atoms with Crippen LogP contribution >= 0.6 is 23.2 Å². The van der Waals surface area contributed by atoms with Crippen LogP contribution in [0.15, 0.2) is 34.0 Å². The number of alkyl halides is 2. The number of aliphatic hydroxyl groups excluding tert-OH is 1. The molecule has 11 nitrogen and oxygen atoms in total. The van der Waals surface area contributed by atoms with E-state index in [1.807, 2.05) is 34.8 Å². The average molecular weight is 586 g/mol. The first-order valence-corrected chi connectivity index (χ1v) is 13.6. The number of imidazole rings is 1. The van der Waals surface area contributed by atoms with Crippen molar-refractivity contribution in [3.05, 3.63) is 56.9 Å². The van der Waals surface area contributed by atoms with Gasteiger partial charge in [-0.25, -0.2) is 9.78 Å². The first kappa shape index (κ1) is 29.1. The summed E-state index contributed by atoms with van der Waals surface area (Å²) in [6.07, 6.45) is -1.07. The van der Waals surface area contributed by atoms with Crippen molar-refractivity contribution in [2.45, 2.75) is 44.1 Å². The second-order valence-electron chi connectivity index (χ2n) is 9.24. The molecule has 1 aliphatic rings. The van der Waals surface area contributed by atoms with Crippen molar-refractivity contribution >= 4 is 45.9 Å². The molecule has 1 aromatic carbocycles. The van der Waals surface area contributed by atoms with Crippen LogP contribution in [0, 0.1) is 5.82 Å². The van der Waals surface area contributed by atoms with Gasteiger partial charge in [-0.3, -0.25) is 19.1 Å². The number of carbonyl (C=O) groups excluding carboxylic acids is 1. The Morgan fingerprint density at radius 3 is 2.77 bits per heavy atom. The first-order chi connectivity index (χ1) is 18.7. The number of nitrogens with one attached hydrogen (secondary N) is 1. The quantitative estimate of drug-likeness (QED) is 0.244. The Bertz CT molecular complexity index is 1420. The van der Waals surface area contributed by atoms with E-state index in [2.05, 4.69) is 4.90 Å². The summed E-state index contributed by atoms with van der Waals surface area (Å²) in [5.74, 6) is 0.177. The number of aromatic amines is 1. The smallest absolute Gasteiger partial charge is 0.330 e. The van der Waals surface area contributed by atoms with Gasteiger partial charge in [0, 0.05) is 56.8 Å². The van der Waals surface area contributed by atoms with Crippen molar-refractivity contribution in [3.63, 3.8) is 0 Å². The molecule has 1 aliphatic heterocycles. The van der Waals surface area contributed by atoms with Gasteiger partial charge in [-0.15, -0.1) is 23.2 Å². The highest BCUT2D eigenvalue weighted by atomic mass is 35.5. The molecule has 0 amide bonds. The Balaban J connectivity index is 1.28. The van der Waals surface area contributed by atoms with Crippen LogP contribution in [0.1, 0.15) is 31.3 Å². The van der Waals surface area contributed by atoms with Gasteiger partial charge in [0.25, 0.3) is 5.56 Å². The zero-order valence-electron chi connectivity index (χ0n) is 21.3. The first-order valence-electron chi connectivity index (χ1n) is 12.5. The van der Waals surface area contributed by atoms with E-state index in [-0.39, 0.29) is 19.4 Å². The number of carbonyl (C=O) groups is 1. The Labute approximate surface area is 233 Å². The third-order valence-corrected chi connectivity index (χ3v) is 7.00. The molecule has 0 spiro atoms. The molecule has 39 heavy (non-hydrogen) atoms. The fraction of sp³-hybridized carbons (Fsp3) is 0.520. The molecule has 0 saturated carbocycles. The number of fused-ring (bicyclic) bond motifs is 1. The van der Waals surface area contributed by atoms with Crippen molar-refractivity contribution in [1.82, 2.24) is 19.1 Å². The van der Waals surface area contributed by atoms with E-state index in [4.69, 9.17) is 37.7 Å². The number of anilines is 1. The van der Waals surface area contributed by atoms with Crippen LogP contribution in [0.25, 0.3) is 11.0 Å². The normalized spacial score (nSPS) is 19.1. The minimum Gasteiger partial charge on any atom is -0.463 e. The molecule has 3 atom stereocenters. The summed E-state index contributed by atoms with van der Waals surface area (Å²) in [6.45, 7) is 1.12. The molecule has 4 rings (SSSR count). The van der Waals surface area contributed by atoms with Gasteiger partial charge >= 0.3 is 11.7 Å². The van der Waals surface area contributed by atoms with E-state index in [0.717, 1.165) is 33.3 Å². The number of H-pyrrole nitrogens is 1. The van der Waals surface area contributed by atoms with Gasteiger partial charge in [0.05, 0.1) is 23.3 Å². The highest BCUT2D eigenvalue weighted by Crippen LogP contribution is 2.28. The van der Waals surface area contributed by atoms with Gasteiger partial charge in [-0.05, 0) is 24.6 Å². The monoisotopic (exact) mass is 585 g/mol. The zero-order chi connectivity index (χ0) is 28.1. The maximum atomic E-state index is 13.6. The molecule has 14 heteroatoms. The van der Waals surface area contributed by atoms with E-state index < -0.39 is 41.5 Å². The molecule has 0 radical (unpaired) electrons. The Morgan fingerprint density at radius 1 is 1.31 bits per heavy atom. The van der Waals surface area contributed by atoms with E-state index in [9.17, 15) is 23.9 Å². The number of benzene rings is 1. The lowest BCUT2D eigenvalue weighted by Crippen LogP contribution is -2.34. The number of halogens is 3. The van der Waals surface area contributed by atoms with Crippen molar-refractivity contribution < 1.29 is 23.8 Å². The largest absolute Gasteiger partial charge is 0.463 e. The number of aromatic nitrogens is 4. The van der Waals surface area contributed by atoms with Gasteiger partial charge in [0.1, 0.15) is 24.8 Å². The molecule has 2 N–H and O–H groups in total. The van der Waals surface area contributed by atoms with Crippen LogP contribution in [0.4, 0.5) is 10.1 Å². The summed E-state index contributed by atoms with van der Waals surface area (Å²) >= 11 is 11.9. The highest BCUT2D eigenvalue weighted by Gasteiger charge is 2.36. The maximum absolute atomic E-state index is 13.6. The van der Waals surface area contributed by atoms with Crippen molar-refractivity contribution in [3.8, 4) is 0 Å².